The Hall–Kier alpha value is -2.15. The smallest absolute Gasteiger partial charge is 0.262 e. The Morgan fingerprint density at radius 3 is 2.50 bits per heavy atom. The standard InChI is InChI=1S/C11H12N4O2S/c1-8-4-9(12)2-3-11(8)18(16,17)15-10-5-13-7-14-6-10/h2-7,15H,12H2,1H3. The van der Waals surface area contributed by atoms with Gasteiger partial charge < -0.3 is 5.73 Å². The van der Waals surface area contributed by atoms with E-state index >= 15 is 0 Å². The normalized spacial score (nSPS) is 11.2. The van der Waals surface area contributed by atoms with Gasteiger partial charge in [-0.3, -0.25) is 4.72 Å². The molecule has 0 radical (unpaired) electrons. The summed E-state index contributed by atoms with van der Waals surface area (Å²) in [6.45, 7) is 1.69. The van der Waals surface area contributed by atoms with Crippen molar-refractivity contribution < 1.29 is 8.42 Å². The molecule has 0 saturated carbocycles. The highest BCUT2D eigenvalue weighted by Gasteiger charge is 2.16. The number of benzene rings is 1. The van der Waals surface area contributed by atoms with Gasteiger partial charge in [0.2, 0.25) is 0 Å². The maximum absolute atomic E-state index is 12.1. The first-order chi connectivity index (χ1) is 8.49. The number of nitrogen functional groups attached to an aromatic ring is 1. The number of anilines is 2. The molecule has 0 aliphatic heterocycles. The Labute approximate surface area is 105 Å². The Kier molecular flexibility index (Phi) is 3.15. The maximum atomic E-state index is 12.1. The molecule has 0 atom stereocenters. The van der Waals surface area contributed by atoms with Crippen molar-refractivity contribution in [3.63, 3.8) is 0 Å². The SMILES string of the molecule is Cc1cc(N)ccc1S(=O)(=O)Nc1cncnc1. The predicted octanol–water partition coefficient (Wildman–Crippen LogP) is 1.17. The minimum Gasteiger partial charge on any atom is -0.399 e. The van der Waals surface area contributed by atoms with Crippen molar-refractivity contribution in [2.24, 2.45) is 0 Å². The summed E-state index contributed by atoms with van der Waals surface area (Å²) in [7, 11) is -3.65. The molecule has 0 unspecified atom stereocenters. The second-order valence-corrected chi connectivity index (χ2v) is 5.41. The summed E-state index contributed by atoms with van der Waals surface area (Å²) in [6.07, 6.45) is 4.10. The highest BCUT2D eigenvalue weighted by molar-refractivity contribution is 7.92. The van der Waals surface area contributed by atoms with Crippen LogP contribution in [0.3, 0.4) is 0 Å². The molecule has 3 N–H and O–H groups in total. The lowest BCUT2D eigenvalue weighted by Gasteiger charge is -2.10. The van der Waals surface area contributed by atoms with Crippen LogP contribution < -0.4 is 10.5 Å². The van der Waals surface area contributed by atoms with Crippen molar-refractivity contribution >= 4 is 21.4 Å². The number of nitrogens with two attached hydrogens (primary N) is 1. The van der Waals surface area contributed by atoms with E-state index < -0.39 is 10.0 Å². The van der Waals surface area contributed by atoms with Crippen LogP contribution in [-0.2, 0) is 10.0 Å². The van der Waals surface area contributed by atoms with Gasteiger partial charge in [0.25, 0.3) is 10.0 Å². The van der Waals surface area contributed by atoms with Crippen LogP contribution in [0.2, 0.25) is 0 Å². The lowest BCUT2D eigenvalue weighted by atomic mass is 10.2. The molecule has 0 spiro atoms. The van der Waals surface area contributed by atoms with Crippen LogP contribution in [-0.4, -0.2) is 18.4 Å². The molecular weight excluding hydrogens is 252 g/mol. The molecule has 0 saturated heterocycles. The quantitative estimate of drug-likeness (QED) is 0.811. The van der Waals surface area contributed by atoms with Crippen molar-refractivity contribution in [3.8, 4) is 0 Å². The van der Waals surface area contributed by atoms with E-state index in [-0.39, 0.29) is 4.90 Å². The van der Waals surface area contributed by atoms with Crippen molar-refractivity contribution in [2.45, 2.75) is 11.8 Å². The molecule has 6 nitrogen and oxygen atoms in total. The van der Waals surface area contributed by atoms with E-state index in [4.69, 9.17) is 5.73 Å². The molecule has 2 rings (SSSR count). The summed E-state index contributed by atoms with van der Waals surface area (Å²) in [5, 5.41) is 0. The summed E-state index contributed by atoms with van der Waals surface area (Å²) in [5.41, 5.74) is 7.01. The molecule has 94 valence electrons. The number of aryl methyl sites for hydroxylation is 1. The van der Waals surface area contributed by atoms with Gasteiger partial charge in [0.1, 0.15) is 6.33 Å². The molecule has 0 amide bonds. The summed E-state index contributed by atoms with van der Waals surface area (Å²) >= 11 is 0. The largest absolute Gasteiger partial charge is 0.399 e. The fourth-order valence-electron chi connectivity index (χ4n) is 1.54. The third-order valence-corrected chi connectivity index (χ3v) is 3.84. The van der Waals surface area contributed by atoms with Gasteiger partial charge in [-0.2, -0.15) is 0 Å². The van der Waals surface area contributed by atoms with E-state index in [0.717, 1.165) is 0 Å². The van der Waals surface area contributed by atoms with E-state index in [0.29, 0.717) is 16.9 Å². The van der Waals surface area contributed by atoms with Gasteiger partial charge >= 0.3 is 0 Å². The monoisotopic (exact) mass is 264 g/mol. The van der Waals surface area contributed by atoms with Crippen LogP contribution in [0.1, 0.15) is 5.56 Å². The first-order valence-corrected chi connectivity index (χ1v) is 6.61. The van der Waals surface area contributed by atoms with Gasteiger partial charge in [-0.1, -0.05) is 0 Å². The van der Waals surface area contributed by atoms with Crippen molar-refractivity contribution in [2.75, 3.05) is 10.5 Å². The lowest BCUT2D eigenvalue weighted by molar-refractivity contribution is 0.600. The second kappa shape index (κ2) is 4.61. The lowest BCUT2D eigenvalue weighted by Crippen LogP contribution is -2.14. The Bertz CT molecular complexity index is 656. The van der Waals surface area contributed by atoms with E-state index in [1.165, 1.54) is 24.8 Å². The first-order valence-electron chi connectivity index (χ1n) is 5.13. The van der Waals surface area contributed by atoms with Crippen LogP contribution in [0.5, 0.6) is 0 Å². The number of hydrogen-bond acceptors (Lipinski definition) is 5. The summed E-state index contributed by atoms with van der Waals surface area (Å²) in [4.78, 5) is 7.66. The van der Waals surface area contributed by atoms with Gasteiger partial charge in [0.15, 0.2) is 0 Å². The zero-order valence-electron chi connectivity index (χ0n) is 9.66. The Morgan fingerprint density at radius 1 is 1.22 bits per heavy atom. The Morgan fingerprint density at radius 2 is 1.89 bits per heavy atom. The molecule has 1 aromatic heterocycles. The second-order valence-electron chi connectivity index (χ2n) is 3.76. The van der Waals surface area contributed by atoms with E-state index in [2.05, 4.69) is 14.7 Å². The molecule has 2 aromatic rings. The minimum atomic E-state index is -3.65. The average Bonchev–Trinajstić information content (AvgIpc) is 2.29. The van der Waals surface area contributed by atoms with Crippen LogP contribution in [0, 0.1) is 6.92 Å². The van der Waals surface area contributed by atoms with Gasteiger partial charge in [-0.15, -0.1) is 0 Å². The maximum Gasteiger partial charge on any atom is 0.262 e. The van der Waals surface area contributed by atoms with Gasteiger partial charge in [-0.05, 0) is 30.7 Å². The summed E-state index contributed by atoms with van der Waals surface area (Å²) in [5.74, 6) is 0. The number of sulfonamides is 1. The van der Waals surface area contributed by atoms with Crippen LogP contribution in [0.15, 0.2) is 41.8 Å². The third-order valence-electron chi connectivity index (χ3n) is 2.30. The molecule has 1 heterocycles. The van der Waals surface area contributed by atoms with Gasteiger partial charge in [0, 0.05) is 5.69 Å². The highest BCUT2D eigenvalue weighted by atomic mass is 32.2. The highest BCUT2D eigenvalue weighted by Crippen LogP contribution is 2.20. The van der Waals surface area contributed by atoms with E-state index in [9.17, 15) is 8.42 Å². The first kappa shape index (κ1) is 12.3. The average molecular weight is 264 g/mol. The molecular formula is C11H12N4O2S. The van der Waals surface area contributed by atoms with E-state index in [1.54, 1.807) is 19.1 Å². The fraction of sp³-hybridized carbons (Fsp3) is 0.0909. The topological polar surface area (TPSA) is 98.0 Å². The summed E-state index contributed by atoms with van der Waals surface area (Å²) in [6, 6.07) is 4.62. The van der Waals surface area contributed by atoms with Crippen LogP contribution >= 0.6 is 0 Å². The number of hydrogen-bond donors (Lipinski definition) is 2. The van der Waals surface area contributed by atoms with Gasteiger partial charge in [-0.25, -0.2) is 18.4 Å². The van der Waals surface area contributed by atoms with Crippen molar-refractivity contribution in [1.29, 1.82) is 0 Å². The number of rotatable bonds is 3. The van der Waals surface area contributed by atoms with E-state index in [1.807, 2.05) is 0 Å². The zero-order chi connectivity index (χ0) is 13.2. The third kappa shape index (κ3) is 2.57. The number of nitrogens with one attached hydrogen (secondary N) is 1. The van der Waals surface area contributed by atoms with Gasteiger partial charge in [0.05, 0.1) is 23.0 Å². The van der Waals surface area contributed by atoms with Crippen molar-refractivity contribution in [1.82, 2.24) is 9.97 Å². The van der Waals surface area contributed by atoms with Crippen LogP contribution in [0.4, 0.5) is 11.4 Å². The molecule has 0 fully saturated rings. The molecule has 1 aromatic carbocycles. The number of nitrogens with zero attached hydrogens (tertiary/aromatic N) is 2. The Balaban J connectivity index is 2.37. The summed E-state index contributed by atoms with van der Waals surface area (Å²) < 4.78 is 26.7. The molecule has 7 heteroatoms. The molecule has 0 bridgehead atoms. The fourth-order valence-corrected chi connectivity index (χ4v) is 2.79. The molecule has 0 aliphatic carbocycles. The predicted molar refractivity (Wildman–Crippen MR) is 68.4 cm³/mol. The molecule has 18 heavy (non-hydrogen) atoms. The van der Waals surface area contributed by atoms with Crippen LogP contribution in [0.25, 0.3) is 0 Å². The minimum absolute atomic E-state index is 0.181. The van der Waals surface area contributed by atoms with Crippen molar-refractivity contribution in [3.05, 3.63) is 42.5 Å². The molecule has 0 aliphatic rings. The zero-order valence-corrected chi connectivity index (χ0v) is 10.5. The number of aromatic nitrogens is 2.